The Hall–Kier alpha value is -1.50. The molecule has 0 aromatic carbocycles. The van der Waals surface area contributed by atoms with Gasteiger partial charge < -0.3 is 16.4 Å². The molecule has 0 aliphatic heterocycles. The van der Waals surface area contributed by atoms with E-state index < -0.39 is 0 Å². The van der Waals surface area contributed by atoms with Gasteiger partial charge in [-0.2, -0.15) is 0 Å². The van der Waals surface area contributed by atoms with E-state index in [4.69, 9.17) is 11.5 Å². The number of hydrogen-bond donors (Lipinski definition) is 2. The predicted molar refractivity (Wildman–Crippen MR) is 85.8 cm³/mol. The topological polar surface area (TPSA) is 98.1 Å². The van der Waals surface area contributed by atoms with Gasteiger partial charge in [0.15, 0.2) is 5.16 Å². The minimum atomic E-state index is 0.101. The minimum Gasteiger partial charge on any atom is -0.383 e. The van der Waals surface area contributed by atoms with Crippen LogP contribution in [0, 0.1) is 5.92 Å². The van der Waals surface area contributed by atoms with Gasteiger partial charge in [-0.25, -0.2) is 9.97 Å². The first kappa shape index (κ1) is 15.9. The minimum absolute atomic E-state index is 0.101. The maximum atomic E-state index is 12.3. The van der Waals surface area contributed by atoms with Gasteiger partial charge >= 0.3 is 0 Å². The number of nitrogens with two attached hydrogens (primary N) is 2. The van der Waals surface area contributed by atoms with Crippen molar-refractivity contribution in [1.29, 1.82) is 0 Å². The molecule has 1 saturated carbocycles. The molecule has 1 amide bonds. The van der Waals surface area contributed by atoms with Crippen LogP contribution in [0.2, 0.25) is 0 Å². The first-order valence-corrected chi connectivity index (χ1v) is 8.22. The Balaban J connectivity index is 1.86. The molecule has 0 spiro atoms. The average molecular weight is 309 g/mol. The SMILES string of the molecule is CC1CCC(N(C)C(=O)CSc2nc(N)cc(N)n2)CC1. The predicted octanol–water partition coefficient (Wildman–Crippen LogP) is 1.77. The van der Waals surface area contributed by atoms with Gasteiger partial charge in [0.25, 0.3) is 0 Å². The lowest BCUT2D eigenvalue weighted by Gasteiger charge is -2.33. The zero-order valence-corrected chi connectivity index (χ0v) is 13.4. The van der Waals surface area contributed by atoms with Gasteiger partial charge in [0.2, 0.25) is 5.91 Å². The van der Waals surface area contributed by atoms with Crippen molar-refractivity contribution < 1.29 is 4.79 Å². The molecular weight excluding hydrogens is 286 g/mol. The summed E-state index contributed by atoms with van der Waals surface area (Å²) < 4.78 is 0. The van der Waals surface area contributed by atoms with Crippen LogP contribution in [0.15, 0.2) is 11.2 Å². The number of carbonyl (C=O) groups excluding carboxylic acids is 1. The Bertz CT molecular complexity index is 482. The second kappa shape index (κ2) is 6.98. The quantitative estimate of drug-likeness (QED) is 0.650. The van der Waals surface area contributed by atoms with E-state index in [1.54, 1.807) is 0 Å². The molecule has 1 heterocycles. The average Bonchev–Trinajstić information content (AvgIpc) is 2.44. The van der Waals surface area contributed by atoms with Crippen LogP contribution in [-0.2, 0) is 4.79 Å². The number of thioether (sulfide) groups is 1. The molecule has 1 aromatic heterocycles. The molecule has 0 atom stereocenters. The molecule has 21 heavy (non-hydrogen) atoms. The van der Waals surface area contributed by atoms with Gasteiger partial charge in [-0.3, -0.25) is 4.79 Å². The molecular formula is C14H23N5OS. The lowest BCUT2D eigenvalue weighted by molar-refractivity contribution is -0.129. The van der Waals surface area contributed by atoms with Crippen molar-refractivity contribution in [3.05, 3.63) is 6.07 Å². The summed E-state index contributed by atoms with van der Waals surface area (Å²) in [5, 5.41) is 0.450. The maximum Gasteiger partial charge on any atom is 0.233 e. The number of nitrogens with zero attached hydrogens (tertiary/aromatic N) is 3. The van der Waals surface area contributed by atoms with Crippen molar-refractivity contribution in [3.8, 4) is 0 Å². The van der Waals surface area contributed by atoms with Gasteiger partial charge in [-0.05, 0) is 31.6 Å². The number of hydrogen-bond acceptors (Lipinski definition) is 6. The fourth-order valence-corrected chi connectivity index (χ4v) is 3.38. The molecule has 0 unspecified atom stereocenters. The van der Waals surface area contributed by atoms with Crippen molar-refractivity contribution in [2.75, 3.05) is 24.3 Å². The lowest BCUT2D eigenvalue weighted by atomic mass is 9.87. The summed E-state index contributed by atoms with van der Waals surface area (Å²) in [6.45, 7) is 2.27. The number of anilines is 2. The summed E-state index contributed by atoms with van der Waals surface area (Å²) in [5.41, 5.74) is 11.2. The second-order valence-electron chi connectivity index (χ2n) is 5.71. The van der Waals surface area contributed by atoms with Crippen LogP contribution < -0.4 is 11.5 Å². The highest BCUT2D eigenvalue weighted by molar-refractivity contribution is 7.99. The molecule has 7 heteroatoms. The van der Waals surface area contributed by atoms with Crippen LogP contribution >= 0.6 is 11.8 Å². The van der Waals surface area contributed by atoms with Crippen molar-refractivity contribution >= 4 is 29.3 Å². The fraction of sp³-hybridized carbons (Fsp3) is 0.643. The third-order valence-corrected chi connectivity index (χ3v) is 4.83. The van der Waals surface area contributed by atoms with Crippen molar-refractivity contribution in [2.24, 2.45) is 5.92 Å². The fourth-order valence-electron chi connectivity index (χ4n) is 2.59. The van der Waals surface area contributed by atoms with Gasteiger partial charge in [0.1, 0.15) is 11.6 Å². The molecule has 116 valence electrons. The summed E-state index contributed by atoms with van der Waals surface area (Å²) in [6, 6.07) is 1.86. The molecule has 0 radical (unpaired) electrons. The van der Waals surface area contributed by atoms with Gasteiger partial charge in [-0.1, -0.05) is 18.7 Å². The normalized spacial score (nSPS) is 22.0. The number of nitrogen functional groups attached to an aromatic ring is 2. The lowest BCUT2D eigenvalue weighted by Crippen LogP contribution is -2.40. The molecule has 6 nitrogen and oxygen atoms in total. The Morgan fingerprint density at radius 3 is 2.43 bits per heavy atom. The van der Waals surface area contributed by atoms with Crippen LogP contribution in [0.5, 0.6) is 0 Å². The smallest absolute Gasteiger partial charge is 0.233 e. The summed E-state index contributed by atoms with van der Waals surface area (Å²) in [5.74, 6) is 1.84. The van der Waals surface area contributed by atoms with E-state index in [1.807, 2.05) is 11.9 Å². The summed E-state index contributed by atoms with van der Waals surface area (Å²) in [7, 11) is 1.89. The molecule has 1 fully saturated rings. The summed E-state index contributed by atoms with van der Waals surface area (Å²) >= 11 is 1.28. The molecule has 1 aliphatic carbocycles. The Kier molecular flexibility index (Phi) is 5.27. The van der Waals surface area contributed by atoms with Crippen molar-refractivity contribution in [3.63, 3.8) is 0 Å². The standard InChI is InChI=1S/C14H23N5OS/c1-9-3-5-10(6-4-9)19(2)13(20)8-21-14-17-11(15)7-12(16)18-14/h7,9-10H,3-6,8H2,1-2H3,(H4,15,16,17,18). The molecule has 2 rings (SSSR count). The second-order valence-corrected chi connectivity index (χ2v) is 6.65. The van der Waals surface area contributed by atoms with E-state index in [0.29, 0.717) is 28.6 Å². The number of rotatable bonds is 4. The van der Waals surface area contributed by atoms with Crippen LogP contribution in [-0.4, -0.2) is 39.6 Å². The van der Waals surface area contributed by atoms with E-state index in [1.165, 1.54) is 30.7 Å². The summed E-state index contributed by atoms with van der Waals surface area (Å²) in [6.07, 6.45) is 4.58. The van der Waals surface area contributed by atoms with Crippen molar-refractivity contribution in [2.45, 2.75) is 43.8 Å². The Morgan fingerprint density at radius 2 is 1.86 bits per heavy atom. The van der Waals surface area contributed by atoms with E-state index >= 15 is 0 Å². The van der Waals surface area contributed by atoms with Gasteiger partial charge in [0, 0.05) is 19.2 Å². The Morgan fingerprint density at radius 1 is 1.29 bits per heavy atom. The largest absolute Gasteiger partial charge is 0.383 e. The number of carbonyl (C=O) groups is 1. The third kappa shape index (κ3) is 4.49. The van der Waals surface area contributed by atoms with Crippen LogP contribution in [0.25, 0.3) is 0 Å². The highest BCUT2D eigenvalue weighted by atomic mass is 32.2. The monoisotopic (exact) mass is 309 g/mol. The molecule has 0 bridgehead atoms. The third-order valence-electron chi connectivity index (χ3n) is 4.00. The van der Waals surface area contributed by atoms with Crippen molar-refractivity contribution in [1.82, 2.24) is 14.9 Å². The zero-order chi connectivity index (χ0) is 15.4. The molecule has 1 aliphatic rings. The number of aromatic nitrogens is 2. The highest BCUT2D eigenvalue weighted by Gasteiger charge is 2.24. The van der Waals surface area contributed by atoms with Gasteiger partial charge in [-0.15, -0.1) is 0 Å². The van der Waals surface area contributed by atoms with Crippen LogP contribution in [0.4, 0.5) is 11.6 Å². The first-order chi connectivity index (χ1) is 9.95. The molecule has 4 N–H and O–H groups in total. The zero-order valence-electron chi connectivity index (χ0n) is 12.6. The summed E-state index contributed by atoms with van der Waals surface area (Å²) in [4.78, 5) is 22.3. The molecule has 1 aromatic rings. The highest BCUT2D eigenvalue weighted by Crippen LogP contribution is 2.27. The Labute approximate surface area is 129 Å². The van der Waals surface area contributed by atoms with E-state index in [9.17, 15) is 4.79 Å². The maximum absolute atomic E-state index is 12.3. The van der Waals surface area contributed by atoms with Gasteiger partial charge in [0.05, 0.1) is 5.75 Å². The first-order valence-electron chi connectivity index (χ1n) is 7.24. The van der Waals surface area contributed by atoms with Crippen LogP contribution in [0.3, 0.4) is 0 Å². The van der Waals surface area contributed by atoms with E-state index in [2.05, 4.69) is 16.9 Å². The molecule has 0 saturated heterocycles. The van der Waals surface area contributed by atoms with Crippen LogP contribution in [0.1, 0.15) is 32.6 Å². The van der Waals surface area contributed by atoms with E-state index in [0.717, 1.165) is 18.8 Å². The van der Waals surface area contributed by atoms with E-state index in [-0.39, 0.29) is 5.91 Å². The number of amides is 1.